The van der Waals surface area contributed by atoms with Crippen LogP contribution in [0.3, 0.4) is 0 Å². The van der Waals surface area contributed by atoms with Crippen LogP contribution in [0.5, 0.6) is 0 Å². The van der Waals surface area contributed by atoms with Crippen LogP contribution < -0.4 is 5.76 Å². The van der Waals surface area contributed by atoms with Gasteiger partial charge in [-0.05, 0) is 6.92 Å². The number of rotatable bonds is 1. The van der Waals surface area contributed by atoms with E-state index in [4.69, 9.17) is 5.11 Å². The van der Waals surface area contributed by atoms with Crippen molar-refractivity contribution in [1.29, 1.82) is 0 Å². The zero-order valence-electron chi connectivity index (χ0n) is 4.97. The Morgan fingerprint density at radius 2 is 2.44 bits per heavy atom. The van der Waals surface area contributed by atoms with Crippen LogP contribution in [0.15, 0.2) is 9.21 Å². The first-order valence-electron chi connectivity index (χ1n) is 2.53. The molecule has 0 bridgehead atoms. The summed E-state index contributed by atoms with van der Waals surface area (Å²) in [5.74, 6) is -0.0703. The third-order valence-electron chi connectivity index (χ3n) is 1.08. The second-order valence-corrected chi connectivity index (χ2v) is 1.71. The van der Waals surface area contributed by atoms with Gasteiger partial charge in [0.15, 0.2) is 0 Å². The zero-order chi connectivity index (χ0) is 6.85. The molecule has 0 amide bonds. The van der Waals surface area contributed by atoms with Crippen molar-refractivity contribution < 1.29 is 9.52 Å². The van der Waals surface area contributed by atoms with Crippen LogP contribution in [0.25, 0.3) is 0 Å². The molecule has 0 radical (unpaired) electrons. The highest BCUT2D eigenvalue weighted by molar-refractivity contribution is 5.02. The summed E-state index contributed by atoms with van der Waals surface area (Å²) < 4.78 is 4.53. The predicted molar refractivity (Wildman–Crippen MR) is 30.0 cm³/mol. The van der Waals surface area contributed by atoms with Crippen LogP contribution in [0.4, 0.5) is 0 Å². The molecule has 0 saturated heterocycles. The number of oxazole rings is 1. The first-order valence-corrected chi connectivity index (χ1v) is 2.53. The summed E-state index contributed by atoms with van der Waals surface area (Å²) >= 11 is 0. The average molecular weight is 129 g/mol. The van der Waals surface area contributed by atoms with E-state index in [1.54, 1.807) is 6.92 Å². The Morgan fingerprint density at radius 1 is 1.78 bits per heavy atom. The molecular formula is C5H7NO3. The van der Waals surface area contributed by atoms with Gasteiger partial charge in [0.2, 0.25) is 0 Å². The zero-order valence-corrected chi connectivity index (χ0v) is 4.97. The number of aryl methyl sites for hydroxylation is 1. The number of aliphatic hydroxyl groups excluding tert-OH is 1. The lowest BCUT2D eigenvalue weighted by Crippen LogP contribution is -1.96. The molecule has 1 heterocycles. The highest BCUT2D eigenvalue weighted by Gasteiger charge is 2.00. The maximum absolute atomic E-state index is 10.3. The fourth-order valence-corrected chi connectivity index (χ4v) is 0.588. The van der Waals surface area contributed by atoms with Gasteiger partial charge in [0.25, 0.3) is 0 Å². The summed E-state index contributed by atoms with van der Waals surface area (Å²) in [7, 11) is 0. The molecular weight excluding hydrogens is 122 g/mol. The molecule has 1 aromatic heterocycles. The lowest BCUT2D eigenvalue weighted by Gasteiger charge is -1.84. The minimum absolute atomic E-state index is 0.183. The van der Waals surface area contributed by atoms with Crippen molar-refractivity contribution in [3.8, 4) is 0 Å². The Bertz CT molecular complexity index is 247. The molecule has 9 heavy (non-hydrogen) atoms. The van der Waals surface area contributed by atoms with Crippen LogP contribution in [0.2, 0.25) is 0 Å². The van der Waals surface area contributed by atoms with E-state index < -0.39 is 5.76 Å². The molecule has 0 spiro atoms. The molecule has 0 unspecified atom stereocenters. The normalized spacial score (nSPS) is 10.0. The van der Waals surface area contributed by atoms with E-state index in [0.29, 0.717) is 11.5 Å². The van der Waals surface area contributed by atoms with Crippen LogP contribution in [-0.2, 0) is 6.61 Å². The van der Waals surface area contributed by atoms with Gasteiger partial charge in [0.1, 0.15) is 5.76 Å². The lowest BCUT2D eigenvalue weighted by molar-refractivity contribution is 0.275. The third-order valence-corrected chi connectivity index (χ3v) is 1.08. The number of hydrogen-bond acceptors (Lipinski definition) is 3. The first-order chi connectivity index (χ1) is 4.24. The lowest BCUT2D eigenvalue weighted by atomic mass is 10.4. The quantitative estimate of drug-likeness (QED) is 0.550. The van der Waals surface area contributed by atoms with Crippen LogP contribution in [0, 0.1) is 6.92 Å². The Kier molecular flexibility index (Phi) is 1.40. The summed E-state index contributed by atoms with van der Waals surface area (Å²) in [4.78, 5) is 12.7. The van der Waals surface area contributed by atoms with Gasteiger partial charge in [-0.25, -0.2) is 4.79 Å². The first kappa shape index (κ1) is 6.10. The molecule has 0 aromatic carbocycles. The number of H-pyrrole nitrogens is 1. The molecule has 50 valence electrons. The molecule has 0 aliphatic heterocycles. The van der Waals surface area contributed by atoms with Crippen LogP contribution >= 0.6 is 0 Å². The summed E-state index contributed by atoms with van der Waals surface area (Å²) in [6.07, 6.45) is 0. The van der Waals surface area contributed by atoms with E-state index in [2.05, 4.69) is 9.40 Å². The van der Waals surface area contributed by atoms with Crippen molar-refractivity contribution in [2.75, 3.05) is 0 Å². The Labute approximate surface area is 51.1 Å². The minimum Gasteiger partial charge on any atom is -0.413 e. The third kappa shape index (κ3) is 1.02. The fourth-order valence-electron chi connectivity index (χ4n) is 0.588. The second-order valence-electron chi connectivity index (χ2n) is 1.71. The van der Waals surface area contributed by atoms with Crippen molar-refractivity contribution in [3.05, 3.63) is 22.0 Å². The van der Waals surface area contributed by atoms with Gasteiger partial charge in [-0.3, -0.25) is 4.98 Å². The van der Waals surface area contributed by atoms with Crippen LogP contribution in [0.1, 0.15) is 11.5 Å². The van der Waals surface area contributed by atoms with E-state index in [1.165, 1.54) is 0 Å². The number of aliphatic hydroxyl groups is 1. The molecule has 1 rings (SSSR count). The number of aromatic amines is 1. The fraction of sp³-hybridized carbons (Fsp3) is 0.400. The van der Waals surface area contributed by atoms with Crippen molar-refractivity contribution in [2.45, 2.75) is 13.5 Å². The maximum atomic E-state index is 10.3. The molecule has 4 nitrogen and oxygen atoms in total. The molecule has 0 saturated carbocycles. The Hall–Kier alpha value is -1.03. The van der Waals surface area contributed by atoms with Crippen LogP contribution in [-0.4, -0.2) is 10.1 Å². The van der Waals surface area contributed by atoms with Gasteiger partial charge in [-0.15, -0.1) is 0 Å². The number of nitrogens with one attached hydrogen (secondary N) is 1. The average Bonchev–Trinajstić information content (AvgIpc) is 2.10. The summed E-state index contributed by atoms with van der Waals surface area (Å²) in [6.45, 7) is 1.43. The molecule has 0 fully saturated rings. The molecule has 2 N–H and O–H groups in total. The van der Waals surface area contributed by atoms with Gasteiger partial charge >= 0.3 is 5.76 Å². The highest BCUT2D eigenvalue weighted by Crippen LogP contribution is 1.98. The van der Waals surface area contributed by atoms with Gasteiger partial charge in [0.05, 0.1) is 12.3 Å². The topological polar surface area (TPSA) is 66.2 Å². The van der Waals surface area contributed by atoms with E-state index in [9.17, 15) is 4.79 Å². The standard InChI is InChI=1S/C5H7NO3/c1-3-4(2-7)6-5(8)9-3/h7H,2H2,1H3,(H,6,8). The van der Waals surface area contributed by atoms with Crippen molar-refractivity contribution in [2.24, 2.45) is 0 Å². The molecule has 4 heteroatoms. The summed E-state index contributed by atoms with van der Waals surface area (Å²) in [6, 6.07) is 0. The minimum atomic E-state index is -0.517. The van der Waals surface area contributed by atoms with Crippen molar-refractivity contribution in [1.82, 2.24) is 4.98 Å². The van der Waals surface area contributed by atoms with Gasteiger partial charge in [-0.1, -0.05) is 0 Å². The van der Waals surface area contributed by atoms with Gasteiger partial charge < -0.3 is 9.52 Å². The second kappa shape index (κ2) is 2.06. The Balaban J connectivity index is 3.16. The number of aromatic nitrogens is 1. The Morgan fingerprint density at radius 3 is 2.67 bits per heavy atom. The molecule has 0 aliphatic carbocycles. The molecule has 0 aliphatic rings. The van der Waals surface area contributed by atoms with Crippen molar-refractivity contribution in [3.63, 3.8) is 0 Å². The highest BCUT2D eigenvalue weighted by atomic mass is 16.4. The van der Waals surface area contributed by atoms with E-state index in [1.807, 2.05) is 0 Å². The van der Waals surface area contributed by atoms with Crippen molar-refractivity contribution >= 4 is 0 Å². The van der Waals surface area contributed by atoms with Gasteiger partial charge in [0, 0.05) is 0 Å². The molecule has 0 atom stereocenters. The largest absolute Gasteiger partial charge is 0.416 e. The van der Waals surface area contributed by atoms with Gasteiger partial charge in [-0.2, -0.15) is 0 Å². The summed E-state index contributed by atoms with van der Waals surface area (Å²) in [5.41, 5.74) is 0.444. The summed E-state index contributed by atoms with van der Waals surface area (Å²) in [5, 5.41) is 8.50. The maximum Gasteiger partial charge on any atom is 0.416 e. The monoisotopic (exact) mass is 129 g/mol. The SMILES string of the molecule is Cc1oc(=O)[nH]c1CO. The van der Waals surface area contributed by atoms with E-state index in [0.717, 1.165) is 0 Å². The molecule has 1 aromatic rings. The number of hydrogen-bond donors (Lipinski definition) is 2. The predicted octanol–water partition coefficient (Wildman–Crippen LogP) is -0.231. The van der Waals surface area contributed by atoms with E-state index >= 15 is 0 Å². The van der Waals surface area contributed by atoms with E-state index in [-0.39, 0.29) is 6.61 Å². The smallest absolute Gasteiger partial charge is 0.413 e.